The maximum atomic E-state index is 10.2. The van der Waals surface area contributed by atoms with Gasteiger partial charge < -0.3 is 10.6 Å². The van der Waals surface area contributed by atoms with Gasteiger partial charge in [-0.3, -0.25) is 5.32 Å². The standard InChI is InChI=1S/C10H21N2O2P/c11-8-6-4-2-1-3-5-7-9-12-10-15(13)14/h6,8,10,12H,1-5,7,9,11H2,(H,13,14). The molecule has 1 atom stereocenters. The Morgan fingerprint density at radius 1 is 1.20 bits per heavy atom. The molecule has 0 aliphatic carbocycles. The van der Waals surface area contributed by atoms with Crippen LogP contribution in [-0.4, -0.2) is 17.4 Å². The molecule has 0 saturated heterocycles. The van der Waals surface area contributed by atoms with Gasteiger partial charge in [0.1, 0.15) is 0 Å². The normalized spacial score (nSPS) is 12.5. The van der Waals surface area contributed by atoms with E-state index in [1.165, 1.54) is 25.2 Å². The van der Waals surface area contributed by atoms with Crippen molar-refractivity contribution >= 4 is 13.9 Å². The highest BCUT2D eigenvalue weighted by Crippen LogP contribution is 2.05. The molecule has 0 heterocycles. The molecule has 0 aromatic rings. The molecule has 0 spiro atoms. The Morgan fingerprint density at radius 2 is 1.87 bits per heavy atom. The summed E-state index contributed by atoms with van der Waals surface area (Å²) < 4.78 is 0. The minimum Gasteiger partial charge on any atom is -0.602 e. The van der Waals surface area contributed by atoms with Crippen LogP contribution in [0.2, 0.25) is 0 Å². The fourth-order valence-electron chi connectivity index (χ4n) is 1.26. The Hall–Kier alpha value is -0.410. The number of rotatable bonds is 9. The van der Waals surface area contributed by atoms with E-state index in [0.717, 1.165) is 25.8 Å². The number of nitrogens with one attached hydrogen (secondary N) is 1. The van der Waals surface area contributed by atoms with E-state index in [4.69, 9.17) is 10.6 Å². The molecule has 0 radical (unpaired) electrons. The Labute approximate surface area is 92.7 Å². The molecule has 5 heteroatoms. The quantitative estimate of drug-likeness (QED) is 0.406. The highest BCUT2D eigenvalue weighted by atomic mass is 31.1. The van der Waals surface area contributed by atoms with Gasteiger partial charge in [0, 0.05) is 6.54 Å². The van der Waals surface area contributed by atoms with Gasteiger partial charge in [0.05, 0.1) is 0 Å². The summed E-state index contributed by atoms with van der Waals surface area (Å²) in [6, 6.07) is 0. The largest absolute Gasteiger partial charge is 0.602 e. The number of hydrogen-bond acceptors (Lipinski definition) is 3. The third-order valence-electron chi connectivity index (χ3n) is 2.03. The van der Waals surface area contributed by atoms with E-state index in [1.807, 2.05) is 6.08 Å². The van der Waals surface area contributed by atoms with Crippen molar-refractivity contribution in [2.75, 3.05) is 6.54 Å². The molecular weight excluding hydrogens is 211 g/mol. The first-order chi connectivity index (χ1) is 7.27. The molecular formula is C10H21N2O2P. The van der Waals surface area contributed by atoms with E-state index in [9.17, 15) is 4.89 Å². The van der Waals surface area contributed by atoms with Crippen LogP contribution in [0, 0.1) is 0 Å². The second-order valence-corrected chi connectivity index (χ2v) is 4.23. The lowest BCUT2D eigenvalue weighted by molar-refractivity contribution is -0.167. The van der Waals surface area contributed by atoms with Crippen molar-refractivity contribution in [3.05, 3.63) is 12.3 Å². The molecule has 0 aromatic carbocycles. The minimum atomic E-state index is -2.14. The molecule has 4 nitrogen and oxygen atoms in total. The number of hydrogen-bond donors (Lipinski definition) is 3. The Bertz CT molecular complexity index is 192. The van der Waals surface area contributed by atoms with Gasteiger partial charge in [0.25, 0.3) is 0 Å². The summed E-state index contributed by atoms with van der Waals surface area (Å²) >= 11 is 0. The summed E-state index contributed by atoms with van der Waals surface area (Å²) in [6.07, 6.45) is 10.5. The third-order valence-corrected chi connectivity index (χ3v) is 2.43. The molecule has 0 aliphatic rings. The Kier molecular flexibility index (Phi) is 11.3. The van der Waals surface area contributed by atoms with E-state index in [1.54, 1.807) is 6.20 Å². The first kappa shape index (κ1) is 14.6. The average molecular weight is 232 g/mol. The van der Waals surface area contributed by atoms with E-state index < -0.39 is 8.00 Å². The molecule has 88 valence electrons. The monoisotopic (exact) mass is 232 g/mol. The van der Waals surface area contributed by atoms with Crippen LogP contribution in [0.4, 0.5) is 0 Å². The van der Waals surface area contributed by atoms with E-state index in [0.29, 0.717) is 0 Å². The minimum absolute atomic E-state index is 0.782. The van der Waals surface area contributed by atoms with Gasteiger partial charge in [-0.2, -0.15) is 4.89 Å². The summed E-state index contributed by atoms with van der Waals surface area (Å²) in [6.45, 7) is 0.782. The maximum absolute atomic E-state index is 10.2. The molecule has 0 bridgehead atoms. The number of unbranched alkanes of at least 4 members (excludes halogenated alkanes) is 5. The van der Waals surface area contributed by atoms with Crippen molar-refractivity contribution in [2.45, 2.75) is 38.5 Å². The Morgan fingerprint density at radius 3 is 2.53 bits per heavy atom. The van der Waals surface area contributed by atoms with Crippen molar-refractivity contribution in [2.24, 2.45) is 5.73 Å². The lowest BCUT2D eigenvalue weighted by Gasteiger charge is -1.99. The van der Waals surface area contributed by atoms with Gasteiger partial charge in [0.15, 0.2) is 5.92 Å². The van der Waals surface area contributed by atoms with Crippen LogP contribution in [0.1, 0.15) is 38.5 Å². The molecule has 4 N–H and O–H groups in total. The van der Waals surface area contributed by atoms with Gasteiger partial charge in [-0.1, -0.05) is 25.3 Å². The zero-order valence-electron chi connectivity index (χ0n) is 9.06. The van der Waals surface area contributed by atoms with Crippen LogP contribution in [0.25, 0.3) is 0 Å². The molecule has 0 rings (SSSR count). The second-order valence-electron chi connectivity index (χ2n) is 3.37. The van der Waals surface area contributed by atoms with Crippen LogP contribution in [0.3, 0.4) is 0 Å². The molecule has 0 amide bonds. The van der Waals surface area contributed by atoms with Crippen LogP contribution < -0.4 is 15.9 Å². The van der Waals surface area contributed by atoms with Crippen LogP contribution >= 0.6 is 8.00 Å². The summed E-state index contributed by atoms with van der Waals surface area (Å²) in [7, 11) is -2.14. The van der Waals surface area contributed by atoms with Gasteiger partial charge in [0.2, 0.25) is 8.00 Å². The predicted octanol–water partition coefficient (Wildman–Crippen LogP) is 0.813. The zero-order chi connectivity index (χ0) is 11.4. The van der Waals surface area contributed by atoms with Gasteiger partial charge in [-0.15, -0.1) is 0 Å². The van der Waals surface area contributed by atoms with E-state index in [2.05, 4.69) is 5.32 Å². The molecule has 0 aliphatic heterocycles. The summed E-state index contributed by atoms with van der Waals surface area (Å²) in [5, 5.41) is 2.81. The van der Waals surface area contributed by atoms with Crippen LogP contribution in [0.15, 0.2) is 12.3 Å². The smallest absolute Gasteiger partial charge is 0.229 e. The zero-order valence-corrected chi connectivity index (χ0v) is 9.96. The van der Waals surface area contributed by atoms with Crippen LogP contribution in [0.5, 0.6) is 0 Å². The fourth-order valence-corrected chi connectivity index (χ4v) is 1.54. The number of nitrogens with two attached hydrogens (primary N) is 1. The average Bonchev–Trinajstić information content (AvgIpc) is 2.20. The highest BCUT2D eigenvalue weighted by Gasteiger charge is 1.91. The molecule has 0 aromatic heterocycles. The van der Waals surface area contributed by atoms with Gasteiger partial charge >= 0.3 is 0 Å². The predicted molar refractivity (Wildman–Crippen MR) is 64.2 cm³/mol. The van der Waals surface area contributed by atoms with Crippen molar-refractivity contribution in [1.29, 1.82) is 0 Å². The SMILES string of the molecule is NC=CCCCCCCCN/C=[P+](\[O-])O. The first-order valence-electron chi connectivity index (χ1n) is 5.36. The van der Waals surface area contributed by atoms with Crippen molar-refractivity contribution in [3.63, 3.8) is 0 Å². The molecule has 0 saturated carbocycles. The Balaban J connectivity index is 3.02. The van der Waals surface area contributed by atoms with E-state index >= 15 is 0 Å². The lowest BCUT2D eigenvalue weighted by atomic mass is 10.1. The summed E-state index contributed by atoms with van der Waals surface area (Å²) in [5.74, 6) is 1.24. The van der Waals surface area contributed by atoms with E-state index in [-0.39, 0.29) is 0 Å². The van der Waals surface area contributed by atoms with Gasteiger partial charge in [-0.25, -0.2) is 0 Å². The lowest BCUT2D eigenvalue weighted by Crippen LogP contribution is -2.13. The topological polar surface area (TPSA) is 81.3 Å². The van der Waals surface area contributed by atoms with Crippen molar-refractivity contribution in [1.82, 2.24) is 5.32 Å². The second kappa shape index (κ2) is 11.7. The summed E-state index contributed by atoms with van der Waals surface area (Å²) in [4.78, 5) is 18.7. The van der Waals surface area contributed by atoms with Crippen molar-refractivity contribution in [3.8, 4) is 0 Å². The number of allylic oxidation sites excluding steroid dienone is 1. The van der Waals surface area contributed by atoms with Gasteiger partial charge in [-0.05, 0) is 25.5 Å². The molecule has 1 unspecified atom stereocenters. The van der Waals surface area contributed by atoms with Crippen LogP contribution in [-0.2, 0) is 0 Å². The van der Waals surface area contributed by atoms with Crippen molar-refractivity contribution < 1.29 is 9.79 Å². The first-order valence-corrected chi connectivity index (χ1v) is 6.64. The molecule has 15 heavy (non-hydrogen) atoms. The fraction of sp³-hybridized carbons (Fsp3) is 0.700. The summed E-state index contributed by atoms with van der Waals surface area (Å²) in [5.41, 5.74) is 5.21. The highest BCUT2D eigenvalue weighted by molar-refractivity contribution is 7.43. The third kappa shape index (κ3) is 13.6. The molecule has 0 fully saturated rings. The maximum Gasteiger partial charge on any atom is 0.229 e.